The van der Waals surface area contributed by atoms with E-state index in [0.717, 1.165) is 17.8 Å². The van der Waals surface area contributed by atoms with Crippen molar-refractivity contribution in [3.63, 3.8) is 0 Å². The number of pyridine rings is 1. The first kappa shape index (κ1) is 23.1. The first-order chi connectivity index (χ1) is 16.3. The van der Waals surface area contributed by atoms with Crippen LogP contribution in [0.15, 0.2) is 90.1 Å². The van der Waals surface area contributed by atoms with Crippen molar-refractivity contribution < 1.29 is 17.5 Å². The Hall–Kier alpha value is -2.70. The number of hydrogen-bond donors (Lipinski definition) is 0. The van der Waals surface area contributed by atoms with Crippen LogP contribution in [0.3, 0.4) is 0 Å². The summed E-state index contributed by atoms with van der Waals surface area (Å²) in [6, 6.07) is 22.4. The minimum atomic E-state index is -4.25. The lowest BCUT2D eigenvalue weighted by Crippen LogP contribution is -2.64. The summed E-state index contributed by atoms with van der Waals surface area (Å²) >= 11 is 0. The van der Waals surface area contributed by atoms with E-state index in [2.05, 4.69) is 71.4 Å². The lowest BCUT2D eigenvalue weighted by molar-refractivity contribution is -0.776. The summed E-state index contributed by atoms with van der Waals surface area (Å²) in [6.45, 7) is 0. The third-order valence-electron chi connectivity index (χ3n) is 7.93. The number of anilines is 2. The van der Waals surface area contributed by atoms with Crippen molar-refractivity contribution in [2.75, 3.05) is 11.9 Å². The van der Waals surface area contributed by atoms with Gasteiger partial charge in [0.25, 0.3) is 0 Å². The first-order valence-corrected chi connectivity index (χ1v) is 13.5. The molecule has 0 radical (unpaired) electrons. The first-order valence-electron chi connectivity index (χ1n) is 12.1. The van der Waals surface area contributed by atoms with Gasteiger partial charge in [0.1, 0.15) is 10.1 Å². The second kappa shape index (κ2) is 9.16. The SMILES string of the molecule is CN(c1ccccc1)c1cc[n+](C23CC4CC(CC(C4)C2)C3)cc1.O=S(=O)([O-])c1ccccc1. The molecule has 4 aliphatic carbocycles. The number of aromatic nitrogens is 1. The smallest absolute Gasteiger partial charge is 0.171 e. The molecule has 0 N–H and O–H groups in total. The lowest BCUT2D eigenvalue weighted by atomic mass is 9.53. The zero-order chi connectivity index (χ0) is 23.8. The van der Waals surface area contributed by atoms with Crippen LogP contribution in [0.25, 0.3) is 0 Å². The highest BCUT2D eigenvalue weighted by molar-refractivity contribution is 7.85. The van der Waals surface area contributed by atoms with Gasteiger partial charge in [0.2, 0.25) is 0 Å². The predicted molar refractivity (Wildman–Crippen MR) is 132 cm³/mol. The highest BCUT2D eigenvalue weighted by Gasteiger charge is 2.56. The molecule has 0 aliphatic heterocycles. The van der Waals surface area contributed by atoms with Gasteiger partial charge in [0.15, 0.2) is 17.9 Å². The van der Waals surface area contributed by atoms with Crippen molar-refractivity contribution in [1.29, 1.82) is 0 Å². The highest BCUT2D eigenvalue weighted by Crippen LogP contribution is 2.56. The van der Waals surface area contributed by atoms with Crippen LogP contribution in [0.4, 0.5) is 11.4 Å². The van der Waals surface area contributed by atoms with Gasteiger partial charge in [-0.25, -0.2) is 8.42 Å². The van der Waals surface area contributed by atoms with Gasteiger partial charge in [-0.1, -0.05) is 36.4 Å². The van der Waals surface area contributed by atoms with E-state index in [-0.39, 0.29) is 4.90 Å². The van der Waals surface area contributed by atoms with Crippen molar-refractivity contribution in [1.82, 2.24) is 0 Å². The van der Waals surface area contributed by atoms with Gasteiger partial charge in [-0.05, 0) is 61.3 Å². The summed E-state index contributed by atoms with van der Waals surface area (Å²) in [5.41, 5.74) is 2.94. The van der Waals surface area contributed by atoms with Crippen molar-refractivity contribution in [3.8, 4) is 0 Å². The van der Waals surface area contributed by atoms with Gasteiger partial charge in [-0.3, -0.25) is 0 Å². The van der Waals surface area contributed by atoms with Crippen LogP contribution in [-0.4, -0.2) is 20.0 Å². The fourth-order valence-electron chi connectivity index (χ4n) is 6.73. The van der Waals surface area contributed by atoms with Gasteiger partial charge in [0, 0.05) is 44.1 Å². The molecule has 4 bridgehead atoms. The summed E-state index contributed by atoms with van der Waals surface area (Å²) < 4.78 is 33.4. The summed E-state index contributed by atoms with van der Waals surface area (Å²) in [4.78, 5) is 2.08. The van der Waals surface area contributed by atoms with Gasteiger partial charge >= 0.3 is 0 Å². The lowest BCUT2D eigenvalue weighted by Gasteiger charge is -2.53. The number of benzene rings is 2. The van der Waals surface area contributed by atoms with Crippen LogP contribution < -0.4 is 9.47 Å². The fraction of sp³-hybridized carbons (Fsp3) is 0.393. The van der Waals surface area contributed by atoms with Crippen LogP contribution in [0.5, 0.6) is 0 Å². The molecule has 6 heteroatoms. The molecule has 4 aliphatic rings. The van der Waals surface area contributed by atoms with Crippen molar-refractivity contribution in [2.24, 2.45) is 17.8 Å². The van der Waals surface area contributed by atoms with E-state index in [4.69, 9.17) is 0 Å². The molecule has 4 fully saturated rings. The van der Waals surface area contributed by atoms with Crippen LogP contribution >= 0.6 is 0 Å². The summed E-state index contributed by atoms with van der Waals surface area (Å²) in [6.07, 6.45) is 13.5. The average molecular weight is 477 g/mol. The molecule has 0 saturated heterocycles. The molecule has 0 amide bonds. The van der Waals surface area contributed by atoms with Gasteiger partial charge in [-0.15, -0.1) is 0 Å². The summed E-state index contributed by atoms with van der Waals surface area (Å²) in [7, 11) is -2.10. The monoisotopic (exact) mass is 476 g/mol. The van der Waals surface area contributed by atoms with E-state index in [1.165, 1.54) is 74.2 Å². The molecular weight excluding hydrogens is 444 g/mol. The Balaban J connectivity index is 0.000000204. The topological polar surface area (TPSA) is 64.3 Å². The number of nitrogens with zero attached hydrogens (tertiary/aromatic N) is 2. The quantitative estimate of drug-likeness (QED) is 0.381. The standard InChI is InChI=1S/C22H27N2.C6H6O3S/c1-23(20-5-3-2-4-6-20)21-7-9-24(10-8-21)22-14-17-11-18(15-22)13-19(12-17)16-22;7-10(8,9)6-4-2-1-3-5-6/h2-10,17-19H,11-16H2,1H3;1-5H,(H,7,8,9)/q+1;/p-1. The zero-order valence-electron chi connectivity index (χ0n) is 19.6. The second-order valence-corrected chi connectivity index (χ2v) is 11.6. The van der Waals surface area contributed by atoms with Crippen molar-refractivity contribution in [2.45, 2.75) is 49.0 Å². The molecule has 0 unspecified atom stereocenters. The van der Waals surface area contributed by atoms with Gasteiger partial charge < -0.3 is 9.45 Å². The number of para-hydroxylation sites is 1. The molecule has 34 heavy (non-hydrogen) atoms. The molecule has 3 aromatic rings. The molecule has 0 spiro atoms. The third kappa shape index (κ3) is 4.75. The third-order valence-corrected chi connectivity index (χ3v) is 8.78. The Morgan fingerprint density at radius 1 is 0.765 bits per heavy atom. The van der Waals surface area contributed by atoms with Gasteiger partial charge in [0.05, 0.1) is 10.6 Å². The van der Waals surface area contributed by atoms with E-state index in [1.54, 1.807) is 6.07 Å². The van der Waals surface area contributed by atoms with Crippen LogP contribution in [0.1, 0.15) is 38.5 Å². The van der Waals surface area contributed by atoms with Crippen molar-refractivity contribution >= 4 is 21.5 Å². The molecule has 178 valence electrons. The van der Waals surface area contributed by atoms with E-state index < -0.39 is 10.1 Å². The highest BCUT2D eigenvalue weighted by atomic mass is 32.2. The molecule has 2 aromatic carbocycles. The molecule has 4 saturated carbocycles. The van der Waals surface area contributed by atoms with Crippen LogP contribution in [0.2, 0.25) is 0 Å². The second-order valence-electron chi connectivity index (χ2n) is 10.3. The van der Waals surface area contributed by atoms with Crippen LogP contribution in [-0.2, 0) is 15.7 Å². The van der Waals surface area contributed by atoms with E-state index >= 15 is 0 Å². The Morgan fingerprint density at radius 2 is 1.21 bits per heavy atom. The number of rotatable bonds is 4. The molecule has 1 aromatic heterocycles. The molecule has 1 heterocycles. The Morgan fingerprint density at radius 3 is 1.65 bits per heavy atom. The largest absolute Gasteiger partial charge is 0.744 e. The average Bonchev–Trinajstić information content (AvgIpc) is 2.84. The van der Waals surface area contributed by atoms with Crippen molar-refractivity contribution in [3.05, 3.63) is 85.2 Å². The number of hydrogen-bond acceptors (Lipinski definition) is 4. The Bertz CT molecular complexity index is 1180. The van der Waals surface area contributed by atoms with E-state index in [0.29, 0.717) is 5.54 Å². The maximum Gasteiger partial charge on any atom is 0.171 e. The minimum absolute atomic E-state index is 0.185. The maximum absolute atomic E-state index is 10.3. The van der Waals surface area contributed by atoms with E-state index in [9.17, 15) is 13.0 Å². The molecular formula is C28H32N2O3S. The summed E-state index contributed by atoms with van der Waals surface area (Å²) in [5, 5.41) is 0. The summed E-state index contributed by atoms with van der Waals surface area (Å²) in [5.74, 6) is 2.99. The fourth-order valence-corrected chi connectivity index (χ4v) is 7.22. The van der Waals surface area contributed by atoms with Crippen LogP contribution in [0, 0.1) is 17.8 Å². The molecule has 7 rings (SSSR count). The molecule has 0 atom stereocenters. The normalized spacial score (nSPS) is 27.1. The maximum atomic E-state index is 10.3. The van der Waals surface area contributed by atoms with Gasteiger partial charge in [-0.2, -0.15) is 4.57 Å². The van der Waals surface area contributed by atoms with E-state index in [1.807, 2.05) is 0 Å². The predicted octanol–water partition coefficient (Wildman–Crippen LogP) is 5.26. The minimum Gasteiger partial charge on any atom is -0.744 e. The Labute approximate surface area is 202 Å². The Kier molecular flexibility index (Phi) is 6.21. The zero-order valence-corrected chi connectivity index (χ0v) is 20.4. The molecule has 5 nitrogen and oxygen atoms in total.